The Kier molecular flexibility index (Phi) is 5.59. The summed E-state index contributed by atoms with van der Waals surface area (Å²) >= 11 is 0. The lowest BCUT2D eigenvalue weighted by atomic mass is 9.91. The standard InChI is InChI=1S/C27H37N3/c1-20(2)30-14-11-23-8-9-24(16-27(23)30)22-5-4-12-29(13-10-22)17-21-6-7-25-18-28(3)19-26(25)15-21/h6-9,15-16,20,22H,4-5,10-14,17-19H2,1-3H3. The second-order valence-corrected chi connectivity index (χ2v) is 10.1. The van der Waals surface area contributed by atoms with Gasteiger partial charge >= 0.3 is 0 Å². The number of anilines is 1. The van der Waals surface area contributed by atoms with Crippen molar-refractivity contribution in [3.8, 4) is 0 Å². The first kappa shape index (κ1) is 20.1. The molecular weight excluding hydrogens is 366 g/mol. The van der Waals surface area contributed by atoms with Crippen molar-refractivity contribution in [1.29, 1.82) is 0 Å². The third-order valence-electron chi connectivity index (χ3n) is 7.51. The molecule has 2 aromatic rings. The van der Waals surface area contributed by atoms with Crippen LogP contribution in [0.25, 0.3) is 0 Å². The summed E-state index contributed by atoms with van der Waals surface area (Å²) in [5.41, 5.74) is 9.17. The van der Waals surface area contributed by atoms with E-state index in [4.69, 9.17) is 0 Å². The largest absolute Gasteiger partial charge is 0.369 e. The number of nitrogens with zero attached hydrogens (tertiary/aromatic N) is 3. The van der Waals surface area contributed by atoms with Gasteiger partial charge in [0, 0.05) is 37.9 Å². The molecule has 3 aliphatic rings. The monoisotopic (exact) mass is 403 g/mol. The van der Waals surface area contributed by atoms with E-state index in [1.807, 2.05) is 0 Å². The lowest BCUT2D eigenvalue weighted by Crippen LogP contribution is -2.28. The van der Waals surface area contributed by atoms with E-state index in [1.54, 1.807) is 11.1 Å². The van der Waals surface area contributed by atoms with Gasteiger partial charge in [-0.2, -0.15) is 0 Å². The van der Waals surface area contributed by atoms with Crippen LogP contribution in [0.3, 0.4) is 0 Å². The van der Waals surface area contributed by atoms with Crippen LogP contribution in [0.15, 0.2) is 36.4 Å². The highest BCUT2D eigenvalue weighted by Gasteiger charge is 2.25. The zero-order valence-corrected chi connectivity index (χ0v) is 19.0. The summed E-state index contributed by atoms with van der Waals surface area (Å²) in [6.07, 6.45) is 5.13. The summed E-state index contributed by atoms with van der Waals surface area (Å²) in [6.45, 7) is 11.6. The molecule has 3 heterocycles. The third kappa shape index (κ3) is 4.02. The lowest BCUT2D eigenvalue weighted by molar-refractivity contribution is 0.275. The Hall–Kier alpha value is -1.84. The number of likely N-dealkylation sites (tertiary alicyclic amines) is 1. The van der Waals surface area contributed by atoms with E-state index in [-0.39, 0.29) is 0 Å². The summed E-state index contributed by atoms with van der Waals surface area (Å²) in [5.74, 6) is 0.712. The highest BCUT2D eigenvalue weighted by molar-refractivity contribution is 5.60. The third-order valence-corrected chi connectivity index (χ3v) is 7.51. The van der Waals surface area contributed by atoms with Crippen molar-refractivity contribution >= 4 is 5.69 Å². The number of hydrogen-bond donors (Lipinski definition) is 0. The minimum absolute atomic E-state index is 0.596. The van der Waals surface area contributed by atoms with Crippen molar-refractivity contribution in [3.05, 3.63) is 64.2 Å². The van der Waals surface area contributed by atoms with Gasteiger partial charge in [0.25, 0.3) is 0 Å². The predicted octanol–water partition coefficient (Wildman–Crippen LogP) is 5.17. The Balaban J connectivity index is 1.24. The molecule has 1 saturated heterocycles. The van der Waals surface area contributed by atoms with Crippen molar-refractivity contribution in [2.45, 2.75) is 71.1 Å². The van der Waals surface area contributed by atoms with Crippen LogP contribution in [0.1, 0.15) is 66.8 Å². The molecule has 0 aliphatic carbocycles. The summed E-state index contributed by atoms with van der Waals surface area (Å²) < 4.78 is 0. The summed E-state index contributed by atoms with van der Waals surface area (Å²) in [7, 11) is 2.22. The minimum atomic E-state index is 0.596. The van der Waals surface area contributed by atoms with Gasteiger partial charge < -0.3 is 4.90 Å². The van der Waals surface area contributed by atoms with Crippen molar-refractivity contribution in [2.24, 2.45) is 0 Å². The second kappa shape index (κ2) is 8.36. The first-order chi connectivity index (χ1) is 14.6. The first-order valence-electron chi connectivity index (χ1n) is 12.0. The molecular formula is C27H37N3. The molecule has 3 heteroatoms. The van der Waals surface area contributed by atoms with Crippen LogP contribution in [0.2, 0.25) is 0 Å². The fraction of sp³-hybridized carbons (Fsp3) is 0.556. The summed E-state index contributed by atoms with van der Waals surface area (Å²) in [5, 5.41) is 0. The smallest absolute Gasteiger partial charge is 0.0404 e. The van der Waals surface area contributed by atoms with E-state index in [0.717, 1.165) is 19.6 Å². The van der Waals surface area contributed by atoms with Gasteiger partial charge in [0.2, 0.25) is 0 Å². The van der Waals surface area contributed by atoms with Crippen LogP contribution in [0, 0.1) is 0 Å². The van der Waals surface area contributed by atoms with Crippen LogP contribution in [0.4, 0.5) is 5.69 Å². The lowest BCUT2D eigenvalue weighted by Gasteiger charge is -2.25. The highest BCUT2D eigenvalue weighted by Crippen LogP contribution is 2.36. The Bertz CT molecular complexity index is 903. The molecule has 5 rings (SSSR count). The van der Waals surface area contributed by atoms with E-state index in [2.05, 4.69) is 72.0 Å². The maximum atomic E-state index is 2.69. The fourth-order valence-electron chi connectivity index (χ4n) is 5.83. The molecule has 0 amide bonds. The van der Waals surface area contributed by atoms with Crippen LogP contribution >= 0.6 is 0 Å². The zero-order chi connectivity index (χ0) is 20.7. The van der Waals surface area contributed by atoms with Gasteiger partial charge in [-0.3, -0.25) is 9.80 Å². The molecule has 0 radical (unpaired) electrons. The molecule has 30 heavy (non-hydrogen) atoms. The van der Waals surface area contributed by atoms with Crippen LogP contribution < -0.4 is 4.90 Å². The van der Waals surface area contributed by atoms with Crippen LogP contribution in [-0.4, -0.2) is 42.5 Å². The Morgan fingerprint density at radius 3 is 2.60 bits per heavy atom. The Morgan fingerprint density at radius 2 is 1.73 bits per heavy atom. The molecule has 2 aromatic carbocycles. The van der Waals surface area contributed by atoms with E-state index in [0.29, 0.717) is 12.0 Å². The average molecular weight is 404 g/mol. The van der Waals surface area contributed by atoms with Gasteiger partial charge in [0.15, 0.2) is 0 Å². The predicted molar refractivity (Wildman–Crippen MR) is 126 cm³/mol. The van der Waals surface area contributed by atoms with E-state index >= 15 is 0 Å². The SMILES string of the molecule is CC(C)N1CCc2ccc(C3CCCN(Cc4ccc5c(c4)CN(C)C5)CC3)cc21. The molecule has 0 spiro atoms. The highest BCUT2D eigenvalue weighted by atomic mass is 15.2. The fourth-order valence-corrected chi connectivity index (χ4v) is 5.83. The maximum Gasteiger partial charge on any atom is 0.0404 e. The van der Waals surface area contributed by atoms with Gasteiger partial charge in [0.1, 0.15) is 0 Å². The molecule has 160 valence electrons. The molecule has 3 aliphatic heterocycles. The molecule has 0 saturated carbocycles. The quantitative estimate of drug-likeness (QED) is 0.697. The van der Waals surface area contributed by atoms with Gasteiger partial charge in [-0.15, -0.1) is 0 Å². The minimum Gasteiger partial charge on any atom is -0.369 e. The van der Waals surface area contributed by atoms with Crippen molar-refractivity contribution in [1.82, 2.24) is 9.80 Å². The topological polar surface area (TPSA) is 9.72 Å². The van der Waals surface area contributed by atoms with Crippen molar-refractivity contribution in [3.63, 3.8) is 0 Å². The molecule has 1 atom stereocenters. The van der Waals surface area contributed by atoms with E-state index in [1.165, 1.54) is 67.7 Å². The van der Waals surface area contributed by atoms with Crippen molar-refractivity contribution < 1.29 is 0 Å². The Morgan fingerprint density at radius 1 is 0.900 bits per heavy atom. The second-order valence-electron chi connectivity index (χ2n) is 10.1. The first-order valence-corrected chi connectivity index (χ1v) is 12.0. The molecule has 0 bridgehead atoms. The summed E-state index contributed by atoms with van der Waals surface area (Å²) in [6, 6.07) is 15.2. The normalized spacial score (nSPS) is 22.4. The zero-order valence-electron chi connectivity index (χ0n) is 19.0. The Labute approximate surface area is 182 Å². The number of hydrogen-bond acceptors (Lipinski definition) is 3. The number of benzene rings is 2. The van der Waals surface area contributed by atoms with Gasteiger partial charge in [-0.25, -0.2) is 0 Å². The molecule has 0 N–H and O–H groups in total. The van der Waals surface area contributed by atoms with Gasteiger partial charge in [0.05, 0.1) is 0 Å². The molecule has 0 aromatic heterocycles. The average Bonchev–Trinajstić information content (AvgIpc) is 3.23. The number of rotatable bonds is 4. The molecule has 3 nitrogen and oxygen atoms in total. The maximum absolute atomic E-state index is 2.69. The van der Waals surface area contributed by atoms with E-state index in [9.17, 15) is 0 Å². The molecule has 1 unspecified atom stereocenters. The van der Waals surface area contributed by atoms with E-state index < -0.39 is 0 Å². The summed E-state index contributed by atoms with van der Waals surface area (Å²) in [4.78, 5) is 7.68. The van der Waals surface area contributed by atoms with Gasteiger partial charge in [-0.1, -0.05) is 30.3 Å². The molecule has 1 fully saturated rings. The number of fused-ring (bicyclic) bond motifs is 2. The van der Waals surface area contributed by atoms with Crippen LogP contribution in [-0.2, 0) is 26.1 Å². The van der Waals surface area contributed by atoms with Crippen LogP contribution in [0.5, 0.6) is 0 Å². The van der Waals surface area contributed by atoms with Gasteiger partial charge in [-0.05, 0) is 99.5 Å². The van der Waals surface area contributed by atoms with Crippen molar-refractivity contribution in [2.75, 3.05) is 31.6 Å².